The number of hydrogen-bond donors (Lipinski definition) is 0. The highest BCUT2D eigenvalue weighted by atomic mass is 35.5. The van der Waals surface area contributed by atoms with Gasteiger partial charge in [-0.2, -0.15) is 10.1 Å². The number of fused-ring (bicyclic) bond motifs is 1. The summed E-state index contributed by atoms with van der Waals surface area (Å²) in [6.07, 6.45) is -0.0789. The van der Waals surface area contributed by atoms with Gasteiger partial charge in [0.05, 0.1) is 33.3 Å². The maximum Gasteiger partial charge on any atom is 0.430 e. The molecule has 0 spiro atoms. The minimum absolute atomic E-state index is 0.0389. The van der Waals surface area contributed by atoms with Crippen molar-refractivity contribution < 1.29 is 14.5 Å². The Morgan fingerprint density at radius 1 is 1.29 bits per heavy atom. The molecule has 3 rings (SSSR count). The highest BCUT2D eigenvalue weighted by Crippen LogP contribution is 2.31. The van der Waals surface area contributed by atoms with Crippen molar-refractivity contribution in [2.24, 2.45) is 5.10 Å². The van der Waals surface area contributed by atoms with Crippen molar-refractivity contribution in [2.45, 2.75) is 26.3 Å². The molecule has 146 valence electrons. The van der Waals surface area contributed by atoms with Crippen LogP contribution in [-0.4, -0.2) is 34.4 Å². The third kappa shape index (κ3) is 3.95. The van der Waals surface area contributed by atoms with Crippen molar-refractivity contribution in [2.75, 3.05) is 6.61 Å². The number of carbonyl (C=O) groups is 1. The Hall–Kier alpha value is -2.64. The van der Waals surface area contributed by atoms with Crippen molar-refractivity contribution in [3.63, 3.8) is 0 Å². The number of hydrogen-bond acceptors (Lipinski definition) is 5. The topological polar surface area (TPSA) is 85.0 Å². The van der Waals surface area contributed by atoms with E-state index in [0.29, 0.717) is 33.3 Å². The number of benzene rings is 2. The maximum absolute atomic E-state index is 12.4. The van der Waals surface area contributed by atoms with Crippen molar-refractivity contribution in [3.05, 3.63) is 73.2 Å². The van der Waals surface area contributed by atoms with Gasteiger partial charge in [-0.1, -0.05) is 23.2 Å². The SMILES string of the molecule is CCOC(=O)N1N=C(c2ccc([N+](=O)[O-])cc2)c2cc(Cl)c(Cl)cc2CC1C. The Morgan fingerprint density at radius 3 is 2.54 bits per heavy atom. The Labute approximate surface area is 171 Å². The molecule has 1 atom stereocenters. The summed E-state index contributed by atoms with van der Waals surface area (Å²) in [4.78, 5) is 22.9. The third-order valence-electron chi connectivity index (χ3n) is 4.35. The van der Waals surface area contributed by atoms with Crippen LogP contribution in [0.3, 0.4) is 0 Å². The molecule has 1 amide bonds. The second kappa shape index (κ2) is 8.16. The quantitative estimate of drug-likeness (QED) is 0.511. The van der Waals surface area contributed by atoms with E-state index in [-0.39, 0.29) is 18.3 Å². The van der Waals surface area contributed by atoms with Crippen molar-refractivity contribution >= 4 is 40.7 Å². The zero-order valence-electron chi connectivity index (χ0n) is 15.2. The molecule has 0 aromatic heterocycles. The van der Waals surface area contributed by atoms with Gasteiger partial charge in [-0.15, -0.1) is 0 Å². The largest absolute Gasteiger partial charge is 0.448 e. The van der Waals surface area contributed by atoms with Crippen LogP contribution < -0.4 is 0 Å². The molecule has 0 fully saturated rings. The van der Waals surface area contributed by atoms with Gasteiger partial charge >= 0.3 is 6.09 Å². The molecule has 9 heteroatoms. The van der Waals surface area contributed by atoms with Gasteiger partial charge < -0.3 is 4.74 Å². The van der Waals surface area contributed by atoms with Crippen LogP contribution in [0.1, 0.15) is 30.5 Å². The monoisotopic (exact) mass is 421 g/mol. The summed E-state index contributed by atoms with van der Waals surface area (Å²) in [5, 5.41) is 17.5. The van der Waals surface area contributed by atoms with Gasteiger partial charge in [0.15, 0.2) is 0 Å². The fourth-order valence-corrected chi connectivity index (χ4v) is 3.36. The second-order valence-corrected chi connectivity index (χ2v) is 7.09. The number of nitrogens with zero attached hydrogens (tertiary/aromatic N) is 3. The number of amides is 1. The van der Waals surface area contributed by atoms with Crippen LogP contribution in [0, 0.1) is 10.1 Å². The first-order valence-electron chi connectivity index (χ1n) is 8.59. The molecule has 0 radical (unpaired) electrons. The number of carbonyl (C=O) groups excluding carboxylic acids is 1. The normalized spacial score (nSPS) is 16.1. The van der Waals surface area contributed by atoms with Gasteiger partial charge in [-0.3, -0.25) is 10.1 Å². The number of non-ortho nitro benzene ring substituents is 1. The maximum atomic E-state index is 12.4. The highest BCUT2D eigenvalue weighted by Gasteiger charge is 2.29. The summed E-state index contributed by atoms with van der Waals surface area (Å²) < 4.78 is 5.13. The average Bonchev–Trinajstić information content (AvgIpc) is 2.79. The van der Waals surface area contributed by atoms with Crippen LogP contribution in [0.2, 0.25) is 10.0 Å². The van der Waals surface area contributed by atoms with Crippen LogP contribution in [0.15, 0.2) is 41.5 Å². The lowest BCUT2D eigenvalue weighted by Gasteiger charge is -2.22. The minimum atomic E-state index is -0.570. The summed E-state index contributed by atoms with van der Waals surface area (Å²) in [5.74, 6) is 0. The molecule has 1 aliphatic rings. The molecule has 1 unspecified atom stereocenters. The molecular formula is C19H17Cl2N3O4. The molecule has 0 N–H and O–H groups in total. The van der Waals surface area contributed by atoms with Gasteiger partial charge in [0, 0.05) is 23.3 Å². The summed E-state index contributed by atoms with van der Waals surface area (Å²) in [6.45, 7) is 3.79. The van der Waals surface area contributed by atoms with Crippen LogP contribution in [0.5, 0.6) is 0 Å². The van der Waals surface area contributed by atoms with E-state index < -0.39 is 11.0 Å². The van der Waals surface area contributed by atoms with E-state index in [4.69, 9.17) is 27.9 Å². The standard InChI is InChI=1S/C19H17Cl2N3O4/c1-3-28-19(25)23-11(2)8-13-9-16(20)17(21)10-15(13)18(22-23)12-4-6-14(7-5-12)24(26)27/h4-7,9-11H,3,8H2,1-2H3. The molecule has 7 nitrogen and oxygen atoms in total. The molecule has 0 saturated heterocycles. The molecule has 1 heterocycles. The molecule has 1 aliphatic heterocycles. The zero-order valence-corrected chi connectivity index (χ0v) is 16.7. The summed E-state index contributed by atoms with van der Waals surface area (Å²) in [5.41, 5.74) is 2.60. The van der Waals surface area contributed by atoms with Crippen LogP contribution in [0.25, 0.3) is 0 Å². The Kier molecular flexibility index (Phi) is 5.86. The van der Waals surface area contributed by atoms with E-state index in [2.05, 4.69) is 5.10 Å². The highest BCUT2D eigenvalue weighted by molar-refractivity contribution is 6.42. The molecular weight excluding hydrogens is 405 g/mol. The summed E-state index contributed by atoms with van der Waals surface area (Å²) in [7, 11) is 0. The van der Waals surface area contributed by atoms with E-state index in [1.807, 2.05) is 6.92 Å². The smallest absolute Gasteiger partial charge is 0.430 e. The minimum Gasteiger partial charge on any atom is -0.448 e. The number of halogens is 2. The van der Waals surface area contributed by atoms with E-state index in [1.165, 1.54) is 17.1 Å². The van der Waals surface area contributed by atoms with Gasteiger partial charge in [0.1, 0.15) is 0 Å². The van der Waals surface area contributed by atoms with Crippen molar-refractivity contribution in [1.82, 2.24) is 5.01 Å². The molecule has 2 aromatic rings. The number of rotatable bonds is 3. The fraction of sp³-hybridized carbons (Fsp3) is 0.263. The first-order chi connectivity index (χ1) is 13.3. The zero-order chi connectivity index (χ0) is 20.4. The van der Waals surface area contributed by atoms with Gasteiger partial charge in [0.25, 0.3) is 5.69 Å². The van der Waals surface area contributed by atoms with E-state index in [9.17, 15) is 14.9 Å². The van der Waals surface area contributed by atoms with Crippen LogP contribution in [0.4, 0.5) is 10.5 Å². The third-order valence-corrected chi connectivity index (χ3v) is 5.07. The van der Waals surface area contributed by atoms with E-state index >= 15 is 0 Å². The molecule has 0 bridgehead atoms. The fourth-order valence-electron chi connectivity index (χ4n) is 3.01. The lowest BCUT2D eigenvalue weighted by Crippen LogP contribution is -2.35. The Balaban J connectivity index is 2.18. The van der Waals surface area contributed by atoms with Crippen LogP contribution in [-0.2, 0) is 11.2 Å². The predicted molar refractivity (Wildman–Crippen MR) is 107 cm³/mol. The summed E-state index contributed by atoms with van der Waals surface area (Å²) in [6, 6.07) is 9.11. The average molecular weight is 422 g/mol. The summed E-state index contributed by atoms with van der Waals surface area (Å²) >= 11 is 12.4. The number of hydrazone groups is 1. The predicted octanol–water partition coefficient (Wildman–Crippen LogP) is 5.06. The lowest BCUT2D eigenvalue weighted by molar-refractivity contribution is -0.384. The van der Waals surface area contributed by atoms with Crippen molar-refractivity contribution in [1.29, 1.82) is 0 Å². The Bertz CT molecular complexity index is 960. The number of nitro benzene ring substituents is 1. The first-order valence-corrected chi connectivity index (χ1v) is 9.35. The van der Waals surface area contributed by atoms with Crippen LogP contribution >= 0.6 is 23.2 Å². The van der Waals surface area contributed by atoms with E-state index in [1.54, 1.807) is 31.2 Å². The molecule has 0 saturated carbocycles. The number of ether oxygens (including phenoxy) is 1. The lowest BCUT2D eigenvalue weighted by atomic mass is 9.94. The van der Waals surface area contributed by atoms with Gasteiger partial charge in [-0.25, -0.2) is 4.79 Å². The van der Waals surface area contributed by atoms with Gasteiger partial charge in [-0.05, 0) is 50.1 Å². The van der Waals surface area contributed by atoms with Gasteiger partial charge in [0.2, 0.25) is 0 Å². The Morgan fingerprint density at radius 2 is 1.93 bits per heavy atom. The molecule has 0 aliphatic carbocycles. The molecule has 28 heavy (non-hydrogen) atoms. The molecule has 2 aromatic carbocycles. The number of nitro groups is 1. The second-order valence-electron chi connectivity index (χ2n) is 6.27. The van der Waals surface area contributed by atoms with E-state index in [0.717, 1.165) is 5.56 Å². The van der Waals surface area contributed by atoms with Crippen molar-refractivity contribution in [3.8, 4) is 0 Å². The first kappa shape index (κ1) is 20.1.